The fraction of sp³-hybridized carbons (Fsp3) is 0.944. The summed E-state index contributed by atoms with van der Waals surface area (Å²) in [7, 11) is 0. The van der Waals surface area contributed by atoms with Crippen LogP contribution in [0.25, 0.3) is 0 Å². The molecule has 0 aliphatic rings. The van der Waals surface area contributed by atoms with Crippen molar-refractivity contribution in [2.45, 2.75) is 104 Å². The first-order valence-electron chi connectivity index (χ1n) is 8.71. The maximum Gasteiger partial charge on any atom is 0.119 e. The van der Waals surface area contributed by atoms with Gasteiger partial charge in [0.05, 0.1) is 0 Å². The molecule has 0 aliphatic heterocycles. The minimum absolute atomic E-state index is 0. The number of carbonyl (C=O) groups is 1. The molecular weight excluding hydrogens is 280 g/mol. The van der Waals surface area contributed by atoms with E-state index in [1.54, 1.807) is 0 Å². The predicted octanol–water partition coefficient (Wildman–Crippen LogP) is 6.30. The third kappa shape index (κ3) is 20.7. The van der Waals surface area contributed by atoms with Gasteiger partial charge in [0.2, 0.25) is 0 Å². The standard InChI is InChI=1S/C18H36O.Ti/c1-18(2)16-14-12-10-8-6-4-3-5-7-9-11-13-15-17-19;/h17-18H,3-16H2,1-2H3;. The Hall–Kier alpha value is 0.384. The third-order valence-corrected chi connectivity index (χ3v) is 3.85. The van der Waals surface area contributed by atoms with Gasteiger partial charge in [0.25, 0.3) is 0 Å². The van der Waals surface area contributed by atoms with E-state index in [4.69, 9.17) is 0 Å². The average molecular weight is 316 g/mol. The second-order valence-electron chi connectivity index (χ2n) is 6.38. The quantitative estimate of drug-likeness (QED) is 0.197. The molecule has 0 bridgehead atoms. The van der Waals surface area contributed by atoms with E-state index in [9.17, 15) is 4.79 Å². The minimum Gasteiger partial charge on any atom is -0.303 e. The number of rotatable bonds is 15. The summed E-state index contributed by atoms with van der Waals surface area (Å²) in [5, 5.41) is 0. The SMILES string of the molecule is CC(C)CCCCCCCCCCCCCCC=O.[Ti]. The van der Waals surface area contributed by atoms with Crippen LogP contribution >= 0.6 is 0 Å². The van der Waals surface area contributed by atoms with E-state index in [-0.39, 0.29) is 21.7 Å². The number of carbonyl (C=O) groups excluding carboxylic acids is 1. The topological polar surface area (TPSA) is 17.1 Å². The van der Waals surface area contributed by atoms with Crippen molar-refractivity contribution in [2.75, 3.05) is 0 Å². The van der Waals surface area contributed by atoms with Crippen molar-refractivity contribution in [3.05, 3.63) is 0 Å². The first-order chi connectivity index (χ1) is 9.27. The molecular formula is C18H36OTi. The van der Waals surface area contributed by atoms with Gasteiger partial charge < -0.3 is 4.79 Å². The molecule has 118 valence electrons. The molecule has 0 unspecified atom stereocenters. The molecule has 0 aromatic heterocycles. The Morgan fingerprint density at radius 2 is 1.00 bits per heavy atom. The Morgan fingerprint density at radius 3 is 1.35 bits per heavy atom. The summed E-state index contributed by atoms with van der Waals surface area (Å²) >= 11 is 0. The molecule has 0 saturated carbocycles. The fourth-order valence-electron chi connectivity index (χ4n) is 2.55. The van der Waals surface area contributed by atoms with Crippen LogP contribution in [-0.2, 0) is 26.5 Å². The van der Waals surface area contributed by atoms with Gasteiger partial charge in [0, 0.05) is 28.1 Å². The van der Waals surface area contributed by atoms with Crippen molar-refractivity contribution < 1.29 is 26.5 Å². The zero-order valence-corrected chi connectivity index (χ0v) is 15.5. The van der Waals surface area contributed by atoms with Crippen LogP contribution in [0, 0.1) is 5.92 Å². The van der Waals surface area contributed by atoms with Crippen molar-refractivity contribution in [1.82, 2.24) is 0 Å². The molecule has 0 aromatic rings. The first kappa shape index (κ1) is 22.7. The summed E-state index contributed by atoms with van der Waals surface area (Å²) in [6.07, 6.45) is 19.7. The van der Waals surface area contributed by atoms with Crippen LogP contribution in [0.4, 0.5) is 0 Å². The first-order valence-corrected chi connectivity index (χ1v) is 8.71. The largest absolute Gasteiger partial charge is 0.303 e. The molecule has 0 atom stereocenters. The molecule has 0 radical (unpaired) electrons. The summed E-state index contributed by atoms with van der Waals surface area (Å²) in [5.74, 6) is 0.881. The monoisotopic (exact) mass is 316 g/mol. The minimum atomic E-state index is 0. The van der Waals surface area contributed by atoms with E-state index < -0.39 is 0 Å². The number of unbranched alkanes of at least 4 members (excludes halogenated alkanes) is 12. The number of hydrogen-bond donors (Lipinski definition) is 0. The molecule has 0 saturated heterocycles. The molecule has 20 heavy (non-hydrogen) atoms. The fourth-order valence-corrected chi connectivity index (χ4v) is 2.55. The summed E-state index contributed by atoms with van der Waals surface area (Å²) in [4.78, 5) is 10.1. The van der Waals surface area contributed by atoms with Crippen LogP contribution in [0.3, 0.4) is 0 Å². The van der Waals surface area contributed by atoms with E-state index in [0.29, 0.717) is 0 Å². The maximum atomic E-state index is 10.1. The smallest absolute Gasteiger partial charge is 0.119 e. The summed E-state index contributed by atoms with van der Waals surface area (Å²) in [6, 6.07) is 0. The normalized spacial score (nSPS) is 10.6. The second-order valence-corrected chi connectivity index (χ2v) is 6.38. The molecule has 0 spiro atoms. The molecule has 0 amide bonds. The predicted molar refractivity (Wildman–Crippen MR) is 85.5 cm³/mol. The Bertz CT molecular complexity index is 180. The molecule has 0 aliphatic carbocycles. The van der Waals surface area contributed by atoms with Gasteiger partial charge in [-0.25, -0.2) is 0 Å². The van der Waals surface area contributed by atoms with Gasteiger partial charge in [-0.15, -0.1) is 0 Å². The average Bonchev–Trinajstić information content (AvgIpc) is 2.39. The van der Waals surface area contributed by atoms with Gasteiger partial charge >= 0.3 is 0 Å². The molecule has 0 fully saturated rings. The Labute approximate surface area is 142 Å². The summed E-state index contributed by atoms with van der Waals surface area (Å²) in [6.45, 7) is 4.64. The van der Waals surface area contributed by atoms with Gasteiger partial charge in [-0.05, 0) is 12.3 Å². The van der Waals surface area contributed by atoms with Crippen molar-refractivity contribution in [2.24, 2.45) is 5.92 Å². The van der Waals surface area contributed by atoms with E-state index in [1.165, 1.54) is 77.0 Å². The zero-order valence-electron chi connectivity index (χ0n) is 14.0. The zero-order chi connectivity index (χ0) is 14.2. The van der Waals surface area contributed by atoms with E-state index in [1.807, 2.05) is 0 Å². The summed E-state index contributed by atoms with van der Waals surface area (Å²) in [5.41, 5.74) is 0. The molecule has 0 aromatic carbocycles. The van der Waals surface area contributed by atoms with Gasteiger partial charge in [-0.1, -0.05) is 90.9 Å². The molecule has 0 heterocycles. The van der Waals surface area contributed by atoms with Crippen LogP contribution < -0.4 is 0 Å². The van der Waals surface area contributed by atoms with E-state index >= 15 is 0 Å². The Morgan fingerprint density at radius 1 is 0.650 bits per heavy atom. The van der Waals surface area contributed by atoms with Crippen LogP contribution in [0.15, 0.2) is 0 Å². The van der Waals surface area contributed by atoms with Gasteiger partial charge in [0.15, 0.2) is 0 Å². The third-order valence-electron chi connectivity index (χ3n) is 3.85. The van der Waals surface area contributed by atoms with Crippen molar-refractivity contribution >= 4 is 6.29 Å². The number of hydrogen-bond acceptors (Lipinski definition) is 1. The number of aldehydes is 1. The van der Waals surface area contributed by atoms with Crippen molar-refractivity contribution in [1.29, 1.82) is 0 Å². The molecule has 2 heteroatoms. The van der Waals surface area contributed by atoms with Crippen molar-refractivity contribution in [3.8, 4) is 0 Å². The Balaban J connectivity index is 0. The van der Waals surface area contributed by atoms with Gasteiger partial charge in [-0.3, -0.25) is 0 Å². The maximum absolute atomic E-state index is 10.1. The van der Waals surface area contributed by atoms with Crippen molar-refractivity contribution in [3.63, 3.8) is 0 Å². The molecule has 1 nitrogen and oxygen atoms in total. The van der Waals surface area contributed by atoms with Gasteiger partial charge in [0.1, 0.15) is 6.29 Å². The molecule has 0 rings (SSSR count). The molecule has 0 N–H and O–H groups in total. The summed E-state index contributed by atoms with van der Waals surface area (Å²) < 4.78 is 0. The van der Waals surface area contributed by atoms with Crippen LogP contribution in [0.1, 0.15) is 104 Å². The van der Waals surface area contributed by atoms with E-state index in [2.05, 4.69) is 13.8 Å². The van der Waals surface area contributed by atoms with E-state index in [0.717, 1.165) is 25.0 Å². The Kier molecular flexibility index (Phi) is 22.0. The van der Waals surface area contributed by atoms with Crippen LogP contribution in [0.5, 0.6) is 0 Å². The van der Waals surface area contributed by atoms with Crippen LogP contribution in [-0.4, -0.2) is 6.29 Å². The second kappa shape index (κ2) is 19.4. The van der Waals surface area contributed by atoms with Gasteiger partial charge in [-0.2, -0.15) is 0 Å². The van der Waals surface area contributed by atoms with Crippen LogP contribution in [0.2, 0.25) is 0 Å².